The number of rotatable bonds is 2. The molecule has 3 heteroatoms. The Kier molecular flexibility index (Phi) is 3.27. The maximum absolute atomic E-state index is 9.87. The highest BCUT2D eigenvalue weighted by Crippen LogP contribution is 2.43. The fraction of sp³-hybridized carbons (Fsp3) is 0.556. The summed E-state index contributed by atoms with van der Waals surface area (Å²) in [5.41, 5.74) is 4.11. The van der Waals surface area contributed by atoms with Crippen LogP contribution in [-0.2, 0) is 6.42 Å². The second-order valence-corrected chi connectivity index (χ2v) is 6.67. The van der Waals surface area contributed by atoms with Gasteiger partial charge in [-0.25, -0.2) is 0 Å². The van der Waals surface area contributed by atoms with E-state index in [-0.39, 0.29) is 12.6 Å². The highest BCUT2D eigenvalue weighted by atomic mass is 16.3. The van der Waals surface area contributed by atoms with Gasteiger partial charge in [-0.05, 0) is 36.8 Å². The fourth-order valence-corrected chi connectivity index (χ4v) is 4.37. The van der Waals surface area contributed by atoms with Crippen LogP contribution in [0.2, 0.25) is 0 Å². The number of hydrogen-bond donors (Lipinski definition) is 2. The predicted octanol–water partition coefficient (Wildman–Crippen LogP) is 3.25. The smallest absolute Gasteiger partial charge is 0.0590 e. The molecule has 0 bridgehead atoms. The highest BCUT2D eigenvalue weighted by Gasteiger charge is 2.39. The Labute approximate surface area is 126 Å². The van der Waals surface area contributed by atoms with Gasteiger partial charge in [0.15, 0.2) is 0 Å². The number of benzene rings is 1. The van der Waals surface area contributed by atoms with E-state index in [4.69, 9.17) is 0 Å². The Morgan fingerprint density at radius 2 is 2.14 bits per heavy atom. The van der Waals surface area contributed by atoms with Crippen LogP contribution in [0, 0.1) is 5.92 Å². The molecule has 1 aromatic heterocycles. The van der Waals surface area contributed by atoms with Crippen LogP contribution in [0.15, 0.2) is 24.3 Å². The number of piperidine rings is 1. The number of aliphatic hydroxyl groups is 1. The summed E-state index contributed by atoms with van der Waals surface area (Å²) in [5.74, 6) is 0.793. The molecule has 2 N–H and O–H groups in total. The zero-order chi connectivity index (χ0) is 14.4. The quantitative estimate of drug-likeness (QED) is 0.888. The number of aromatic amines is 1. The Bertz CT molecular complexity index is 648. The van der Waals surface area contributed by atoms with Gasteiger partial charge >= 0.3 is 0 Å². The third-order valence-corrected chi connectivity index (χ3v) is 5.59. The van der Waals surface area contributed by atoms with Gasteiger partial charge in [-0.1, -0.05) is 31.5 Å². The van der Waals surface area contributed by atoms with E-state index in [1.807, 2.05) is 0 Å². The van der Waals surface area contributed by atoms with Gasteiger partial charge in [0.25, 0.3) is 0 Å². The van der Waals surface area contributed by atoms with E-state index in [0.29, 0.717) is 6.04 Å². The minimum absolute atomic E-state index is 0.270. The number of aromatic nitrogens is 1. The molecule has 2 aromatic rings. The normalized spacial score (nSPS) is 29.3. The summed E-state index contributed by atoms with van der Waals surface area (Å²) in [4.78, 5) is 6.23. The van der Waals surface area contributed by atoms with Crippen molar-refractivity contribution in [2.24, 2.45) is 5.92 Å². The highest BCUT2D eigenvalue weighted by molar-refractivity contribution is 5.85. The summed E-state index contributed by atoms with van der Waals surface area (Å²) in [6.45, 7) is 3.70. The van der Waals surface area contributed by atoms with Crippen LogP contribution in [0.1, 0.15) is 43.5 Å². The van der Waals surface area contributed by atoms with E-state index in [0.717, 1.165) is 18.9 Å². The first-order valence-electron chi connectivity index (χ1n) is 8.28. The molecule has 0 amide bonds. The third kappa shape index (κ3) is 2.02. The van der Waals surface area contributed by atoms with Crippen molar-refractivity contribution in [1.29, 1.82) is 0 Å². The zero-order valence-corrected chi connectivity index (χ0v) is 12.7. The van der Waals surface area contributed by atoms with Crippen LogP contribution in [0.4, 0.5) is 0 Å². The Morgan fingerprint density at radius 3 is 2.95 bits per heavy atom. The van der Waals surface area contributed by atoms with Crippen LogP contribution in [0.25, 0.3) is 10.9 Å². The molecule has 112 valence electrons. The maximum Gasteiger partial charge on any atom is 0.0590 e. The second-order valence-electron chi connectivity index (χ2n) is 6.67. The number of aliphatic hydroxyl groups excluding tert-OH is 1. The second kappa shape index (κ2) is 5.15. The lowest BCUT2D eigenvalue weighted by atomic mass is 9.82. The Hall–Kier alpha value is -1.32. The maximum atomic E-state index is 9.87. The van der Waals surface area contributed by atoms with E-state index >= 15 is 0 Å². The monoisotopic (exact) mass is 284 g/mol. The SMILES string of the molecule is CC[C@@H]1CC[C@H]2c3[nH]c4ccccc4c3C[C@@H](CO)N2C1. The van der Waals surface area contributed by atoms with E-state index in [1.165, 1.54) is 41.4 Å². The lowest BCUT2D eigenvalue weighted by Crippen LogP contribution is -2.50. The summed E-state index contributed by atoms with van der Waals surface area (Å²) in [6, 6.07) is 9.36. The van der Waals surface area contributed by atoms with Crippen molar-refractivity contribution in [3.8, 4) is 0 Å². The number of H-pyrrole nitrogens is 1. The van der Waals surface area contributed by atoms with Gasteiger partial charge in [-0.2, -0.15) is 0 Å². The minimum atomic E-state index is 0.270. The first-order chi connectivity index (χ1) is 10.3. The van der Waals surface area contributed by atoms with Crippen LogP contribution in [-0.4, -0.2) is 34.2 Å². The molecule has 1 aromatic carbocycles. The number of hydrogen-bond acceptors (Lipinski definition) is 2. The van der Waals surface area contributed by atoms with E-state index in [1.54, 1.807) is 0 Å². The van der Waals surface area contributed by atoms with Crippen molar-refractivity contribution in [2.45, 2.75) is 44.7 Å². The van der Waals surface area contributed by atoms with Crippen LogP contribution < -0.4 is 0 Å². The molecular formula is C18H24N2O. The Balaban J connectivity index is 1.79. The van der Waals surface area contributed by atoms with Crippen molar-refractivity contribution < 1.29 is 5.11 Å². The predicted molar refractivity (Wildman–Crippen MR) is 85.3 cm³/mol. The van der Waals surface area contributed by atoms with Crippen LogP contribution in [0.5, 0.6) is 0 Å². The van der Waals surface area contributed by atoms with Crippen molar-refractivity contribution >= 4 is 10.9 Å². The number of nitrogens with one attached hydrogen (secondary N) is 1. The Morgan fingerprint density at radius 1 is 1.29 bits per heavy atom. The lowest BCUT2D eigenvalue weighted by Gasteiger charge is -2.46. The molecule has 0 radical (unpaired) electrons. The summed E-state index contributed by atoms with van der Waals surface area (Å²) in [6.07, 6.45) is 4.75. The zero-order valence-electron chi connectivity index (χ0n) is 12.7. The van der Waals surface area contributed by atoms with Gasteiger partial charge in [0.1, 0.15) is 0 Å². The summed E-state index contributed by atoms with van der Waals surface area (Å²) in [5, 5.41) is 11.2. The topological polar surface area (TPSA) is 39.3 Å². The van der Waals surface area contributed by atoms with E-state index in [2.05, 4.69) is 41.1 Å². The molecule has 2 aliphatic heterocycles. The standard InChI is InChI=1S/C18H24N2O/c1-2-12-7-8-17-18-15(9-13(11-21)20(17)10-12)14-5-3-4-6-16(14)19-18/h3-6,12-13,17,19,21H,2,7-11H2,1H3/t12-,13+,17+/m1/s1. The molecule has 3 nitrogen and oxygen atoms in total. The van der Waals surface area contributed by atoms with E-state index in [9.17, 15) is 5.11 Å². The lowest BCUT2D eigenvalue weighted by molar-refractivity contribution is 0.0208. The molecule has 3 heterocycles. The average Bonchev–Trinajstić information content (AvgIpc) is 2.92. The van der Waals surface area contributed by atoms with Crippen molar-refractivity contribution in [3.63, 3.8) is 0 Å². The summed E-state index contributed by atoms with van der Waals surface area (Å²) in [7, 11) is 0. The van der Waals surface area contributed by atoms with E-state index < -0.39 is 0 Å². The number of nitrogens with zero attached hydrogens (tertiary/aromatic N) is 1. The molecule has 21 heavy (non-hydrogen) atoms. The molecular weight excluding hydrogens is 260 g/mol. The van der Waals surface area contributed by atoms with Crippen LogP contribution >= 0.6 is 0 Å². The van der Waals surface area contributed by atoms with Gasteiger partial charge in [0.2, 0.25) is 0 Å². The molecule has 0 saturated carbocycles. The molecule has 3 atom stereocenters. The number of fused-ring (bicyclic) bond motifs is 5. The van der Waals surface area contributed by atoms with Gasteiger partial charge in [0, 0.05) is 29.2 Å². The third-order valence-electron chi connectivity index (χ3n) is 5.59. The minimum Gasteiger partial charge on any atom is -0.395 e. The van der Waals surface area contributed by atoms with Crippen molar-refractivity contribution in [3.05, 3.63) is 35.5 Å². The van der Waals surface area contributed by atoms with Crippen molar-refractivity contribution in [1.82, 2.24) is 9.88 Å². The van der Waals surface area contributed by atoms with Crippen molar-refractivity contribution in [2.75, 3.05) is 13.2 Å². The van der Waals surface area contributed by atoms with Gasteiger partial charge in [-0.3, -0.25) is 4.90 Å². The number of para-hydroxylation sites is 1. The molecule has 1 saturated heterocycles. The van der Waals surface area contributed by atoms with Gasteiger partial charge < -0.3 is 10.1 Å². The van der Waals surface area contributed by atoms with Gasteiger partial charge in [0.05, 0.1) is 12.6 Å². The average molecular weight is 284 g/mol. The largest absolute Gasteiger partial charge is 0.395 e. The molecule has 4 rings (SSSR count). The summed E-state index contributed by atoms with van der Waals surface area (Å²) >= 11 is 0. The molecule has 0 unspecified atom stereocenters. The first kappa shape index (κ1) is 13.4. The summed E-state index contributed by atoms with van der Waals surface area (Å²) < 4.78 is 0. The molecule has 0 spiro atoms. The van der Waals surface area contributed by atoms with Gasteiger partial charge in [-0.15, -0.1) is 0 Å². The van der Waals surface area contributed by atoms with Crippen LogP contribution in [0.3, 0.4) is 0 Å². The molecule has 0 aliphatic carbocycles. The fourth-order valence-electron chi connectivity index (χ4n) is 4.37. The first-order valence-corrected chi connectivity index (χ1v) is 8.28. The molecule has 1 fully saturated rings. The molecule has 2 aliphatic rings.